The zero-order valence-electron chi connectivity index (χ0n) is 12.9. The average Bonchev–Trinajstić information content (AvgIpc) is 2.49. The lowest BCUT2D eigenvalue weighted by Gasteiger charge is -2.16. The van der Waals surface area contributed by atoms with Crippen molar-refractivity contribution in [3.05, 3.63) is 40.0 Å². The monoisotopic (exact) mass is 378 g/mol. The Morgan fingerprint density at radius 1 is 1.17 bits per heavy atom. The van der Waals surface area contributed by atoms with Crippen LogP contribution < -0.4 is 10.6 Å². The van der Waals surface area contributed by atoms with Crippen molar-refractivity contribution in [1.29, 1.82) is 0 Å². The van der Waals surface area contributed by atoms with E-state index in [4.69, 9.17) is 23.2 Å². The molecule has 1 aromatic heterocycles. The molecule has 0 saturated carbocycles. The predicted octanol–water partition coefficient (Wildman–Crippen LogP) is 5.76. The largest absolute Gasteiger partial charge is 0.433 e. The van der Waals surface area contributed by atoms with E-state index in [1.807, 2.05) is 13.8 Å². The lowest BCUT2D eigenvalue weighted by Crippen LogP contribution is -2.18. The second-order valence-electron chi connectivity index (χ2n) is 5.16. The first-order valence-corrected chi connectivity index (χ1v) is 7.89. The summed E-state index contributed by atoms with van der Waals surface area (Å²) >= 11 is 11.9. The van der Waals surface area contributed by atoms with E-state index in [-0.39, 0.29) is 17.8 Å². The molecule has 0 unspecified atom stereocenters. The fraction of sp³-hybridized carbons (Fsp3) is 0.333. The molecule has 0 saturated heterocycles. The van der Waals surface area contributed by atoms with E-state index in [0.29, 0.717) is 22.2 Å². The van der Waals surface area contributed by atoms with E-state index in [2.05, 4.69) is 20.6 Å². The highest BCUT2D eigenvalue weighted by atomic mass is 35.5. The lowest BCUT2D eigenvalue weighted by atomic mass is 10.3. The van der Waals surface area contributed by atoms with Gasteiger partial charge in [0.25, 0.3) is 0 Å². The molecule has 0 aliphatic carbocycles. The highest BCUT2D eigenvalue weighted by molar-refractivity contribution is 6.35. The fourth-order valence-corrected chi connectivity index (χ4v) is 2.11. The van der Waals surface area contributed by atoms with Crippen molar-refractivity contribution in [3.8, 4) is 0 Å². The van der Waals surface area contributed by atoms with Crippen LogP contribution in [0.2, 0.25) is 10.0 Å². The van der Waals surface area contributed by atoms with E-state index in [1.54, 1.807) is 6.07 Å². The van der Waals surface area contributed by atoms with Crippen molar-refractivity contribution < 1.29 is 13.2 Å². The Bertz CT molecular complexity index is 722. The first-order chi connectivity index (χ1) is 11.2. The van der Waals surface area contributed by atoms with Crippen LogP contribution in [0.1, 0.15) is 26.0 Å². The lowest BCUT2D eigenvalue weighted by molar-refractivity contribution is -0.141. The van der Waals surface area contributed by atoms with Gasteiger partial charge in [0.15, 0.2) is 5.69 Å². The molecule has 2 aromatic rings. The SMILES string of the molecule is CC[C@@H](C)Nc1nc(Nc2cc(Cl)ccc2Cl)cc(C(F)(F)F)n1. The molecule has 9 heteroatoms. The highest BCUT2D eigenvalue weighted by Crippen LogP contribution is 2.32. The number of hydrogen-bond acceptors (Lipinski definition) is 4. The van der Waals surface area contributed by atoms with Crippen LogP contribution in [0.25, 0.3) is 0 Å². The van der Waals surface area contributed by atoms with E-state index in [1.165, 1.54) is 12.1 Å². The zero-order chi connectivity index (χ0) is 17.9. The molecule has 0 spiro atoms. The third-order valence-electron chi connectivity index (χ3n) is 3.20. The van der Waals surface area contributed by atoms with Crippen LogP contribution >= 0.6 is 23.2 Å². The van der Waals surface area contributed by atoms with Crippen molar-refractivity contribution in [2.75, 3.05) is 10.6 Å². The van der Waals surface area contributed by atoms with Gasteiger partial charge in [0.1, 0.15) is 5.82 Å². The average molecular weight is 379 g/mol. The number of benzene rings is 1. The van der Waals surface area contributed by atoms with Gasteiger partial charge in [0.05, 0.1) is 10.7 Å². The van der Waals surface area contributed by atoms with Crippen molar-refractivity contribution in [3.63, 3.8) is 0 Å². The summed E-state index contributed by atoms with van der Waals surface area (Å²) in [7, 11) is 0. The summed E-state index contributed by atoms with van der Waals surface area (Å²) in [6.45, 7) is 3.72. The van der Waals surface area contributed by atoms with Crippen LogP contribution in [-0.2, 0) is 6.18 Å². The Hall–Kier alpha value is -1.73. The molecule has 24 heavy (non-hydrogen) atoms. The van der Waals surface area contributed by atoms with Crippen molar-refractivity contribution in [2.45, 2.75) is 32.5 Å². The summed E-state index contributed by atoms with van der Waals surface area (Å²) in [4.78, 5) is 7.59. The highest BCUT2D eigenvalue weighted by Gasteiger charge is 2.34. The summed E-state index contributed by atoms with van der Waals surface area (Å²) in [5.74, 6) is -0.146. The molecule has 2 rings (SSSR count). The van der Waals surface area contributed by atoms with Gasteiger partial charge in [-0.15, -0.1) is 0 Å². The second-order valence-corrected chi connectivity index (χ2v) is 6.01. The van der Waals surface area contributed by atoms with Crippen LogP contribution in [0.5, 0.6) is 0 Å². The molecule has 4 nitrogen and oxygen atoms in total. The van der Waals surface area contributed by atoms with Gasteiger partial charge < -0.3 is 10.6 Å². The summed E-state index contributed by atoms with van der Waals surface area (Å²) in [5, 5.41) is 6.29. The summed E-state index contributed by atoms with van der Waals surface area (Å²) in [5.41, 5.74) is -0.700. The second kappa shape index (κ2) is 7.44. The first kappa shape index (κ1) is 18.6. The van der Waals surface area contributed by atoms with Gasteiger partial charge >= 0.3 is 6.18 Å². The Morgan fingerprint density at radius 2 is 1.88 bits per heavy atom. The summed E-state index contributed by atoms with van der Waals surface area (Å²) in [6.07, 6.45) is -3.88. The molecule has 0 bridgehead atoms. The van der Waals surface area contributed by atoms with E-state index < -0.39 is 11.9 Å². The third kappa shape index (κ3) is 4.88. The van der Waals surface area contributed by atoms with Gasteiger partial charge in [-0.1, -0.05) is 30.1 Å². The molecule has 130 valence electrons. The molecule has 0 radical (unpaired) electrons. The molecule has 2 N–H and O–H groups in total. The zero-order valence-corrected chi connectivity index (χ0v) is 14.4. The molecule has 0 fully saturated rings. The van der Waals surface area contributed by atoms with Gasteiger partial charge in [0, 0.05) is 17.1 Å². The van der Waals surface area contributed by atoms with Crippen LogP contribution in [0.3, 0.4) is 0 Å². The summed E-state index contributed by atoms with van der Waals surface area (Å²) in [6, 6.07) is 5.36. The standard InChI is InChI=1S/C15H15Cl2F3N4/c1-3-8(2)21-14-23-12(15(18,19)20)7-13(24-14)22-11-6-9(16)4-5-10(11)17/h4-8H,3H2,1-2H3,(H2,21,22,23,24)/t8-/m1/s1. The smallest absolute Gasteiger partial charge is 0.352 e. The number of halogens is 5. The van der Waals surface area contributed by atoms with Gasteiger partial charge in [-0.3, -0.25) is 0 Å². The van der Waals surface area contributed by atoms with Gasteiger partial charge in [-0.25, -0.2) is 4.98 Å². The van der Waals surface area contributed by atoms with E-state index in [9.17, 15) is 13.2 Å². The molecular weight excluding hydrogens is 364 g/mol. The van der Waals surface area contributed by atoms with Crippen molar-refractivity contribution >= 4 is 40.7 Å². The Balaban J connectivity index is 2.40. The molecule has 1 atom stereocenters. The minimum absolute atomic E-state index is 0.0349. The maximum atomic E-state index is 13.1. The third-order valence-corrected chi connectivity index (χ3v) is 3.76. The molecule has 0 aliphatic heterocycles. The summed E-state index contributed by atoms with van der Waals surface area (Å²) < 4.78 is 39.2. The van der Waals surface area contributed by atoms with Crippen molar-refractivity contribution in [1.82, 2.24) is 9.97 Å². The topological polar surface area (TPSA) is 49.8 Å². The maximum Gasteiger partial charge on any atom is 0.433 e. The van der Waals surface area contributed by atoms with Gasteiger partial charge in [0.2, 0.25) is 5.95 Å². The Kier molecular flexibility index (Phi) is 5.77. The van der Waals surface area contributed by atoms with Gasteiger partial charge in [-0.2, -0.15) is 18.2 Å². The Labute approximate surface area is 147 Å². The van der Waals surface area contributed by atoms with E-state index in [0.717, 1.165) is 6.07 Å². The minimum atomic E-state index is -4.59. The fourth-order valence-electron chi connectivity index (χ4n) is 1.77. The molecule has 0 amide bonds. The van der Waals surface area contributed by atoms with Crippen molar-refractivity contribution in [2.24, 2.45) is 0 Å². The number of hydrogen-bond donors (Lipinski definition) is 2. The maximum absolute atomic E-state index is 13.1. The first-order valence-electron chi connectivity index (χ1n) is 7.14. The minimum Gasteiger partial charge on any atom is -0.352 e. The van der Waals surface area contributed by atoms with Crippen LogP contribution in [-0.4, -0.2) is 16.0 Å². The molecule has 0 aliphatic rings. The predicted molar refractivity (Wildman–Crippen MR) is 90.2 cm³/mol. The number of anilines is 3. The number of nitrogens with one attached hydrogen (secondary N) is 2. The van der Waals surface area contributed by atoms with E-state index >= 15 is 0 Å². The quantitative estimate of drug-likeness (QED) is 0.694. The number of rotatable bonds is 5. The number of aromatic nitrogens is 2. The van der Waals surface area contributed by atoms with Crippen LogP contribution in [0.15, 0.2) is 24.3 Å². The molecule has 1 aromatic carbocycles. The van der Waals surface area contributed by atoms with Crippen LogP contribution in [0.4, 0.5) is 30.6 Å². The molecule has 1 heterocycles. The normalized spacial score (nSPS) is 12.8. The van der Waals surface area contributed by atoms with Crippen LogP contribution in [0, 0.1) is 0 Å². The number of alkyl halides is 3. The molecular formula is C15H15Cl2F3N4. The number of nitrogens with zero attached hydrogens (tertiary/aromatic N) is 2. The van der Waals surface area contributed by atoms with Gasteiger partial charge in [-0.05, 0) is 31.5 Å². The Morgan fingerprint density at radius 3 is 2.50 bits per heavy atom.